The highest BCUT2D eigenvalue weighted by Crippen LogP contribution is 2.19. The largest absolute Gasteiger partial charge is 0.347 e. The molecule has 0 aliphatic heterocycles. The number of rotatable bonds is 3. The van der Waals surface area contributed by atoms with Crippen molar-refractivity contribution < 1.29 is 9.18 Å². The highest BCUT2D eigenvalue weighted by atomic mass is 19.1. The third kappa shape index (κ3) is 1.91. The lowest BCUT2D eigenvalue weighted by Crippen LogP contribution is -2.00. The molecule has 0 aliphatic rings. The van der Waals surface area contributed by atoms with E-state index in [1.54, 1.807) is 19.1 Å². The Morgan fingerprint density at radius 2 is 2.20 bits per heavy atom. The molecule has 78 valence electrons. The molecule has 2 nitrogen and oxygen atoms in total. The lowest BCUT2D eigenvalue weighted by Gasteiger charge is -2.03. The molecular weight excluding hydrogens is 193 g/mol. The van der Waals surface area contributed by atoms with Gasteiger partial charge in [0.05, 0.1) is 5.52 Å². The van der Waals surface area contributed by atoms with Crippen molar-refractivity contribution in [1.82, 2.24) is 4.57 Å². The number of nitrogens with zero attached hydrogens (tertiary/aromatic N) is 1. The van der Waals surface area contributed by atoms with E-state index >= 15 is 0 Å². The molecule has 0 unspecified atom stereocenters. The smallest absolute Gasteiger partial charge is 0.132 e. The first-order valence-electron chi connectivity index (χ1n) is 4.91. The molecular formula is C12H12FNO. The molecule has 1 aromatic heterocycles. The molecule has 0 spiro atoms. The highest BCUT2D eigenvalue weighted by Gasteiger charge is 2.05. The number of hydrogen-bond acceptors (Lipinski definition) is 1. The van der Waals surface area contributed by atoms with Gasteiger partial charge in [-0.15, -0.1) is 0 Å². The van der Waals surface area contributed by atoms with Gasteiger partial charge in [-0.1, -0.05) is 6.07 Å². The average Bonchev–Trinajstić information content (AvgIpc) is 2.59. The number of benzene rings is 1. The monoisotopic (exact) mass is 205 g/mol. The molecule has 0 bridgehead atoms. The van der Waals surface area contributed by atoms with Gasteiger partial charge in [0.2, 0.25) is 0 Å². The van der Waals surface area contributed by atoms with Gasteiger partial charge >= 0.3 is 0 Å². The number of carbonyl (C=O) groups is 1. The number of aromatic nitrogens is 1. The molecule has 0 atom stereocenters. The molecule has 0 saturated carbocycles. The van der Waals surface area contributed by atoms with Gasteiger partial charge in [-0.25, -0.2) is 4.39 Å². The third-order valence-corrected chi connectivity index (χ3v) is 2.47. The SMILES string of the molecule is CC(=O)CCn1ccc2c(F)cccc21. The number of aryl methyl sites for hydroxylation is 1. The fourth-order valence-corrected chi connectivity index (χ4v) is 1.66. The van der Waals surface area contributed by atoms with Crippen molar-refractivity contribution in [2.75, 3.05) is 0 Å². The lowest BCUT2D eigenvalue weighted by molar-refractivity contribution is -0.117. The summed E-state index contributed by atoms with van der Waals surface area (Å²) in [6, 6.07) is 6.73. The summed E-state index contributed by atoms with van der Waals surface area (Å²) in [5, 5.41) is 0.612. The van der Waals surface area contributed by atoms with E-state index < -0.39 is 0 Å². The lowest BCUT2D eigenvalue weighted by atomic mass is 10.2. The van der Waals surface area contributed by atoms with Crippen LogP contribution in [0.4, 0.5) is 4.39 Å². The van der Waals surface area contributed by atoms with E-state index in [-0.39, 0.29) is 11.6 Å². The van der Waals surface area contributed by atoms with E-state index in [1.807, 2.05) is 16.8 Å². The Balaban J connectivity index is 2.37. The Morgan fingerprint density at radius 3 is 2.93 bits per heavy atom. The van der Waals surface area contributed by atoms with Crippen LogP contribution in [-0.2, 0) is 11.3 Å². The highest BCUT2D eigenvalue weighted by molar-refractivity contribution is 5.81. The van der Waals surface area contributed by atoms with E-state index in [1.165, 1.54) is 6.07 Å². The summed E-state index contributed by atoms with van der Waals surface area (Å²) in [6.07, 6.45) is 2.30. The normalized spacial score (nSPS) is 10.8. The first-order chi connectivity index (χ1) is 7.18. The van der Waals surface area contributed by atoms with Crippen LogP contribution in [0.15, 0.2) is 30.5 Å². The van der Waals surface area contributed by atoms with Gasteiger partial charge in [-0.2, -0.15) is 0 Å². The predicted octanol–water partition coefficient (Wildman–Crippen LogP) is 2.76. The number of halogens is 1. The van der Waals surface area contributed by atoms with Crippen LogP contribution in [0.1, 0.15) is 13.3 Å². The van der Waals surface area contributed by atoms with Crippen LogP contribution >= 0.6 is 0 Å². The number of fused-ring (bicyclic) bond motifs is 1. The molecule has 1 aromatic carbocycles. The summed E-state index contributed by atoms with van der Waals surface area (Å²) >= 11 is 0. The van der Waals surface area contributed by atoms with Crippen LogP contribution in [0.25, 0.3) is 10.9 Å². The summed E-state index contributed by atoms with van der Waals surface area (Å²) in [7, 11) is 0. The maximum absolute atomic E-state index is 13.3. The van der Waals surface area contributed by atoms with Gasteiger partial charge < -0.3 is 4.57 Å². The zero-order valence-corrected chi connectivity index (χ0v) is 8.53. The second-order valence-corrected chi connectivity index (χ2v) is 3.63. The predicted molar refractivity (Wildman–Crippen MR) is 57.2 cm³/mol. The van der Waals surface area contributed by atoms with Crippen LogP contribution in [0.3, 0.4) is 0 Å². The molecule has 3 heteroatoms. The number of hydrogen-bond donors (Lipinski definition) is 0. The molecule has 0 N–H and O–H groups in total. The first-order valence-corrected chi connectivity index (χ1v) is 4.91. The Labute approximate surface area is 87.3 Å². The number of ketones is 1. The molecule has 1 heterocycles. The summed E-state index contributed by atoms with van der Waals surface area (Å²) in [6.45, 7) is 2.18. The molecule has 2 aromatic rings. The summed E-state index contributed by atoms with van der Waals surface area (Å²) in [5.74, 6) is -0.0673. The zero-order valence-electron chi connectivity index (χ0n) is 8.53. The number of carbonyl (C=O) groups excluding carboxylic acids is 1. The van der Waals surface area contributed by atoms with Gasteiger partial charge in [0.15, 0.2) is 0 Å². The van der Waals surface area contributed by atoms with Gasteiger partial charge in [0.25, 0.3) is 0 Å². The standard InChI is InChI=1S/C12H12FNO/c1-9(15)5-7-14-8-6-10-11(13)3-2-4-12(10)14/h2-4,6,8H,5,7H2,1H3. The third-order valence-electron chi connectivity index (χ3n) is 2.47. The van der Waals surface area contributed by atoms with Gasteiger partial charge in [0, 0.05) is 24.5 Å². The number of Topliss-reactive ketones (excluding diaryl/α,β-unsaturated/α-hetero) is 1. The Bertz CT molecular complexity index is 501. The van der Waals surface area contributed by atoms with Crippen LogP contribution in [0.2, 0.25) is 0 Å². The Kier molecular flexibility index (Phi) is 2.54. The minimum Gasteiger partial charge on any atom is -0.347 e. The summed E-state index contributed by atoms with van der Waals surface area (Å²) < 4.78 is 15.2. The summed E-state index contributed by atoms with van der Waals surface area (Å²) in [4.78, 5) is 10.9. The van der Waals surface area contributed by atoms with Crippen molar-refractivity contribution in [3.63, 3.8) is 0 Å². The van der Waals surface area contributed by atoms with Crippen LogP contribution in [0.5, 0.6) is 0 Å². The second-order valence-electron chi connectivity index (χ2n) is 3.63. The van der Waals surface area contributed by atoms with Gasteiger partial charge in [-0.3, -0.25) is 4.79 Å². The maximum atomic E-state index is 13.3. The maximum Gasteiger partial charge on any atom is 0.132 e. The Morgan fingerprint density at radius 1 is 1.40 bits per heavy atom. The van der Waals surface area contributed by atoms with Crippen molar-refractivity contribution in [3.8, 4) is 0 Å². The van der Waals surface area contributed by atoms with E-state index in [9.17, 15) is 9.18 Å². The molecule has 2 rings (SSSR count). The van der Waals surface area contributed by atoms with Crippen LogP contribution in [0, 0.1) is 5.82 Å². The molecule has 0 amide bonds. The zero-order chi connectivity index (χ0) is 10.8. The van der Waals surface area contributed by atoms with Crippen molar-refractivity contribution in [1.29, 1.82) is 0 Å². The van der Waals surface area contributed by atoms with Crippen molar-refractivity contribution in [3.05, 3.63) is 36.3 Å². The van der Waals surface area contributed by atoms with E-state index in [2.05, 4.69) is 0 Å². The van der Waals surface area contributed by atoms with Crippen molar-refractivity contribution in [2.45, 2.75) is 19.9 Å². The molecule has 0 fully saturated rings. The fraction of sp³-hybridized carbons (Fsp3) is 0.250. The van der Waals surface area contributed by atoms with Gasteiger partial charge in [-0.05, 0) is 25.1 Å². The molecule has 0 radical (unpaired) electrons. The van der Waals surface area contributed by atoms with E-state index in [0.29, 0.717) is 18.4 Å². The first kappa shape index (κ1) is 9.90. The van der Waals surface area contributed by atoms with Gasteiger partial charge in [0.1, 0.15) is 11.6 Å². The Hall–Kier alpha value is -1.64. The molecule has 0 saturated heterocycles. The molecule has 0 aliphatic carbocycles. The summed E-state index contributed by atoms with van der Waals surface area (Å²) in [5.41, 5.74) is 0.844. The second kappa shape index (κ2) is 3.85. The average molecular weight is 205 g/mol. The topological polar surface area (TPSA) is 22.0 Å². The minimum absolute atomic E-state index is 0.147. The van der Waals surface area contributed by atoms with E-state index in [0.717, 1.165) is 5.52 Å². The quantitative estimate of drug-likeness (QED) is 0.755. The molecule has 15 heavy (non-hydrogen) atoms. The minimum atomic E-state index is -0.214. The van der Waals surface area contributed by atoms with Crippen LogP contribution in [-0.4, -0.2) is 10.4 Å². The van der Waals surface area contributed by atoms with Crippen molar-refractivity contribution >= 4 is 16.7 Å². The van der Waals surface area contributed by atoms with E-state index in [4.69, 9.17) is 0 Å². The van der Waals surface area contributed by atoms with Crippen LogP contribution < -0.4 is 0 Å². The fourth-order valence-electron chi connectivity index (χ4n) is 1.66. The van der Waals surface area contributed by atoms with Crippen molar-refractivity contribution in [2.24, 2.45) is 0 Å².